The van der Waals surface area contributed by atoms with Gasteiger partial charge in [-0.15, -0.1) is 0 Å². The fourth-order valence-corrected chi connectivity index (χ4v) is 2.00. The molecular formula is C14H10ClF4N. The van der Waals surface area contributed by atoms with Crippen LogP contribution < -0.4 is 5.32 Å². The van der Waals surface area contributed by atoms with Gasteiger partial charge in [0.1, 0.15) is 5.82 Å². The smallest absolute Gasteiger partial charge is 0.263 e. The standard InChI is InChI=1S/C14H10ClF4N/c15-11-5-10(16)6-12(17)13(11)20-7-8-2-1-3-9(4-8)14(18)19/h1-6,14,20H,7H2. The molecule has 0 aliphatic rings. The summed E-state index contributed by atoms with van der Waals surface area (Å²) in [7, 11) is 0. The van der Waals surface area contributed by atoms with Crippen molar-refractivity contribution in [3.63, 3.8) is 0 Å². The molecule has 0 aliphatic heterocycles. The molecule has 0 heterocycles. The van der Waals surface area contributed by atoms with Crippen LogP contribution in [0.5, 0.6) is 0 Å². The zero-order valence-electron chi connectivity index (χ0n) is 10.1. The van der Waals surface area contributed by atoms with E-state index < -0.39 is 18.1 Å². The molecule has 0 saturated heterocycles. The van der Waals surface area contributed by atoms with Gasteiger partial charge in [-0.3, -0.25) is 0 Å². The van der Waals surface area contributed by atoms with Crippen molar-refractivity contribution in [2.75, 3.05) is 5.32 Å². The van der Waals surface area contributed by atoms with Crippen molar-refractivity contribution in [2.45, 2.75) is 13.0 Å². The number of halogens is 5. The molecule has 2 aromatic rings. The van der Waals surface area contributed by atoms with Gasteiger partial charge in [0.15, 0.2) is 5.82 Å². The molecule has 2 rings (SSSR count). The topological polar surface area (TPSA) is 12.0 Å². The molecule has 0 spiro atoms. The number of hydrogen-bond donors (Lipinski definition) is 1. The Hall–Kier alpha value is -1.75. The van der Waals surface area contributed by atoms with Crippen molar-refractivity contribution in [3.05, 3.63) is 64.2 Å². The van der Waals surface area contributed by atoms with Crippen molar-refractivity contribution in [3.8, 4) is 0 Å². The van der Waals surface area contributed by atoms with Crippen molar-refractivity contribution < 1.29 is 17.6 Å². The Kier molecular flexibility index (Phi) is 4.49. The monoisotopic (exact) mass is 303 g/mol. The van der Waals surface area contributed by atoms with Crippen LogP contribution in [-0.2, 0) is 6.54 Å². The minimum absolute atomic E-state index is 0.0597. The molecule has 106 valence electrons. The number of alkyl halides is 2. The van der Waals surface area contributed by atoms with Gasteiger partial charge in [-0.25, -0.2) is 17.6 Å². The van der Waals surface area contributed by atoms with Crippen LogP contribution in [0.1, 0.15) is 17.6 Å². The summed E-state index contributed by atoms with van der Waals surface area (Å²) in [6, 6.07) is 7.40. The normalized spacial score (nSPS) is 10.9. The predicted octanol–water partition coefficient (Wildman–Crippen LogP) is 5.17. The van der Waals surface area contributed by atoms with Crippen LogP contribution >= 0.6 is 11.6 Å². The second-order valence-corrected chi connectivity index (χ2v) is 4.55. The lowest BCUT2D eigenvalue weighted by atomic mass is 10.1. The Labute approximate surface area is 118 Å². The molecule has 0 fully saturated rings. The quantitative estimate of drug-likeness (QED) is 0.769. The molecule has 0 radical (unpaired) electrons. The van der Waals surface area contributed by atoms with Crippen LogP contribution in [0.4, 0.5) is 23.2 Å². The summed E-state index contributed by atoms with van der Waals surface area (Å²) in [6.45, 7) is 0.100. The number of rotatable bonds is 4. The summed E-state index contributed by atoms with van der Waals surface area (Å²) in [4.78, 5) is 0. The minimum atomic E-state index is -2.57. The molecule has 0 saturated carbocycles. The van der Waals surface area contributed by atoms with Crippen LogP contribution in [0.3, 0.4) is 0 Å². The van der Waals surface area contributed by atoms with Crippen LogP contribution in [0.25, 0.3) is 0 Å². The first-order valence-electron chi connectivity index (χ1n) is 5.73. The molecular weight excluding hydrogens is 294 g/mol. The van der Waals surface area contributed by atoms with Gasteiger partial charge in [0.05, 0.1) is 10.7 Å². The molecule has 6 heteroatoms. The maximum Gasteiger partial charge on any atom is 0.263 e. The number of benzene rings is 2. The first-order chi connectivity index (χ1) is 9.47. The Morgan fingerprint density at radius 2 is 1.85 bits per heavy atom. The molecule has 0 amide bonds. The van der Waals surface area contributed by atoms with E-state index in [9.17, 15) is 17.6 Å². The van der Waals surface area contributed by atoms with Crippen LogP contribution in [0.15, 0.2) is 36.4 Å². The van der Waals surface area contributed by atoms with Crippen LogP contribution in [0.2, 0.25) is 5.02 Å². The fraction of sp³-hybridized carbons (Fsp3) is 0.143. The zero-order valence-corrected chi connectivity index (χ0v) is 10.9. The molecule has 0 aromatic heterocycles. The van der Waals surface area contributed by atoms with E-state index >= 15 is 0 Å². The van der Waals surface area contributed by atoms with Gasteiger partial charge in [-0.1, -0.05) is 29.8 Å². The lowest BCUT2D eigenvalue weighted by Gasteiger charge is -2.10. The second kappa shape index (κ2) is 6.13. The van der Waals surface area contributed by atoms with E-state index in [1.807, 2.05) is 0 Å². The third-order valence-corrected chi connectivity index (χ3v) is 2.98. The summed E-state index contributed by atoms with van der Waals surface area (Å²) in [5.41, 5.74) is 0.369. The van der Waals surface area contributed by atoms with E-state index in [0.717, 1.165) is 6.07 Å². The highest BCUT2D eigenvalue weighted by molar-refractivity contribution is 6.33. The van der Waals surface area contributed by atoms with Gasteiger partial charge in [-0.05, 0) is 17.7 Å². The Bertz CT molecular complexity index is 593. The van der Waals surface area contributed by atoms with Gasteiger partial charge in [0.2, 0.25) is 0 Å². The van der Waals surface area contributed by atoms with Crippen molar-refractivity contribution in [1.29, 1.82) is 0 Å². The molecule has 0 aliphatic carbocycles. The van der Waals surface area contributed by atoms with Crippen LogP contribution in [0, 0.1) is 11.6 Å². The number of hydrogen-bond acceptors (Lipinski definition) is 1. The summed E-state index contributed by atoms with van der Waals surface area (Å²) in [5.74, 6) is -1.61. The number of nitrogens with one attached hydrogen (secondary N) is 1. The maximum atomic E-state index is 13.5. The molecule has 0 unspecified atom stereocenters. The fourth-order valence-electron chi connectivity index (χ4n) is 1.74. The maximum absolute atomic E-state index is 13.5. The summed E-state index contributed by atoms with van der Waals surface area (Å²) >= 11 is 5.72. The molecule has 1 nitrogen and oxygen atoms in total. The highest BCUT2D eigenvalue weighted by atomic mass is 35.5. The van der Waals surface area contributed by atoms with E-state index in [-0.39, 0.29) is 22.8 Å². The third-order valence-electron chi connectivity index (χ3n) is 2.68. The molecule has 1 N–H and O–H groups in total. The van der Waals surface area contributed by atoms with Crippen molar-refractivity contribution >= 4 is 17.3 Å². The summed E-state index contributed by atoms with van der Waals surface area (Å²) in [6.07, 6.45) is -2.57. The first kappa shape index (κ1) is 14.7. The van der Waals surface area contributed by atoms with Gasteiger partial charge < -0.3 is 5.32 Å². The second-order valence-electron chi connectivity index (χ2n) is 4.14. The Morgan fingerprint density at radius 3 is 2.50 bits per heavy atom. The third kappa shape index (κ3) is 3.42. The van der Waals surface area contributed by atoms with E-state index in [1.54, 1.807) is 6.07 Å². The van der Waals surface area contributed by atoms with E-state index in [2.05, 4.69) is 5.32 Å². The highest BCUT2D eigenvalue weighted by Gasteiger charge is 2.11. The average Bonchev–Trinajstić information content (AvgIpc) is 2.37. The summed E-state index contributed by atoms with van der Waals surface area (Å²) < 4.78 is 51.5. The van der Waals surface area contributed by atoms with Gasteiger partial charge in [-0.2, -0.15) is 0 Å². The van der Waals surface area contributed by atoms with E-state index in [1.165, 1.54) is 18.2 Å². The predicted molar refractivity (Wildman–Crippen MR) is 70.1 cm³/mol. The van der Waals surface area contributed by atoms with Crippen molar-refractivity contribution in [2.24, 2.45) is 0 Å². The molecule has 0 atom stereocenters. The van der Waals surface area contributed by atoms with Crippen molar-refractivity contribution in [1.82, 2.24) is 0 Å². The highest BCUT2D eigenvalue weighted by Crippen LogP contribution is 2.27. The number of anilines is 1. The average molecular weight is 304 g/mol. The lowest BCUT2D eigenvalue weighted by Crippen LogP contribution is -2.03. The SMILES string of the molecule is Fc1cc(F)c(NCc2cccc(C(F)F)c2)c(Cl)c1. The Balaban J connectivity index is 2.15. The summed E-state index contributed by atoms with van der Waals surface area (Å²) in [5, 5.41) is 2.57. The minimum Gasteiger partial charge on any atom is -0.377 e. The van der Waals surface area contributed by atoms with Gasteiger partial charge in [0, 0.05) is 18.2 Å². The van der Waals surface area contributed by atoms with Gasteiger partial charge in [0.25, 0.3) is 6.43 Å². The lowest BCUT2D eigenvalue weighted by molar-refractivity contribution is 0.151. The van der Waals surface area contributed by atoms with Gasteiger partial charge >= 0.3 is 0 Å². The molecule has 2 aromatic carbocycles. The molecule has 20 heavy (non-hydrogen) atoms. The molecule has 0 bridgehead atoms. The largest absolute Gasteiger partial charge is 0.377 e. The first-order valence-corrected chi connectivity index (χ1v) is 6.10. The van der Waals surface area contributed by atoms with E-state index in [4.69, 9.17) is 11.6 Å². The zero-order chi connectivity index (χ0) is 14.7. The van der Waals surface area contributed by atoms with Crippen LogP contribution in [-0.4, -0.2) is 0 Å². The Morgan fingerprint density at radius 1 is 1.10 bits per heavy atom. The van der Waals surface area contributed by atoms with E-state index in [0.29, 0.717) is 11.6 Å².